The molecule has 0 radical (unpaired) electrons. The van der Waals surface area contributed by atoms with Crippen LogP contribution in [0.3, 0.4) is 0 Å². The first-order valence-corrected chi connectivity index (χ1v) is 2.57. The summed E-state index contributed by atoms with van der Waals surface area (Å²) in [6.07, 6.45) is 1.70. The topological polar surface area (TPSA) is 66.4 Å². The molecule has 2 N–H and O–H groups in total. The molecule has 1 unspecified atom stereocenters. The molecule has 0 saturated heterocycles. The van der Waals surface area contributed by atoms with Crippen molar-refractivity contribution in [2.75, 3.05) is 0 Å². The Balaban J connectivity index is 0. The number of aliphatic carboxylic acids is 1. The Kier molecular flexibility index (Phi) is 5.51. The molecule has 5 heteroatoms. The van der Waals surface area contributed by atoms with E-state index < -0.39 is 12.0 Å². The third-order valence-electron chi connectivity index (χ3n) is 0.940. The predicted molar refractivity (Wildman–Crippen MR) is 30.5 cm³/mol. The van der Waals surface area contributed by atoms with E-state index in [2.05, 4.69) is 0 Å². The molecule has 0 aliphatic carbocycles. The molecule has 64 valence electrons. The van der Waals surface area contributed by atoms with E-state index in [-0.39, 0.29) is 0 Å². The summed E-state index contributed by atoms with van der Waals surface area (Å²) in [7, 11) is 0. The van der Waals surface area contributed by atoms with Crippen LogP contribution < -0.4 is 5.32 Å². The number of amides is 1. The van der Waals surface area contributed by atoms with E-state index in [0.717, 1.165) is 0 Å². The van der Waals surface area contributed by atoms with Gasteiger partial charge in [0, 0.05) is 0 Å². The summed E-state index contributed by atoms with van der Waals surface area (Å²) in [5, 5.41) is 10.3. The van der Waals surface area contributed by atoms with Gasteiger partial charge >= 0.3 is 5.97 Å². The molecule has 1 amide bonds. The zero-order chi connectivity index (χ0) is 7.28. The minimum Gasteiger partial charge on any atom is -0.520 e. The van der Waals surface area contributed by atoms with Crippen molar-refractivity contribution in [3.05, 3.63) is 0 Å². The predicted octanol–water partition coefficient (Wildman–Crippen LogP) is -0.494. The summed E-state index contributed by atoms with van der Waals surface area (Å²) in [5.74, 6) is -1.03. The van der Waals surface area contributed by atoms with Crippen molar-refractivity contribution in [2.24, 2.45) is 0 Å². The van der Waals surface area contributed by atoms with Crippen LogP contribution in [0.15, 0.2) is 0 Å². The fraction of sp³-hybridized carbons (Fsp3) is 0.600. The molecule has 0 aromatic heterocycles. The molecule has 1 atom stereocenters. The Morgan fingerprint density at radius 3 is 2.40 bits per heavy atom. The average molecular weight is 387 g/mol. The molecular formula is C5H8FmNO3-. The number of rotatable bonds is 4. The van der Waals surface area contributed by atoms with Crippen molar-refractivity contribution in [1.29, 1.82) is 0 Å². The minimum atomic E-state index is -1.03. The smallest absolute Gasteiger partial charge is 0.323 e. The van der Waals surface area contributed by atoms with Gasteiger partial charge in [-0.15, -0.1) is 0 Å². The van der Waals surface area contributed by atoms with Gasteiger partial charge in [0.1, 0.15) is 0 Å². The Bertz CT molecular complexity index is 117. The molecule has 0 aliphatic rings. The molecule has 0 spiro atoms. The Morgan fingerprint density at radius 2 is 2.30 bits per heavy atom. The van der Waals surface area contributed by atoms with Crippen LogP contribution in [0.4, 0.5) is 0 Å². The van der Waals surface area contributed by atoms with Crippen molar-refractivity contribution in [3.8, 4) is 0 Å². The average Bonchev–Trinajstić information content (AvgIpc) is 1.82. The zero-order valence-corrected chi connectivity index (χ0v) is 7.74. The summed E-state index contributed by atoms with van der Waals surface area (Å²) in [4.78, 5) is 19.7. The van der Waals surface area contributed by atoms with Crippen LogP contribution in [0.25, 0.3) is 0 Å². The van der Waals surface area contributed by atoms with Crippen LogP contribution in [0.1, 0.15) is 13.3 Å². The first-order valence-electron chi connectivity index (χ1n) is 2.57. The third-order valence-corrected chi connectivity index (χ3v) is 0.940. The van der Waals surface area contributed by atoms with E-state index in [1.807, 2.05) is 5.32 Å². The van der Waals surface area contributed by atoms with E-state index in [1.165, 1.54) is 6.41 Å². The molecule has 0 fully saturated rings. The Morgan fingerprint density at radius 1 is 1.80 bits per heavy atom. The van der Waals surface area contributed by atoms with Gasteiger partial charge in [-0.1, -0.05) is 6.92 Å². The van der Waals surface area contributed by atoms with E-state index in [0.29, 0.717) is 6.42 Å². The van der Waals surface area contributed by atoms with Crippen molar-refractivity contribution in [1.82, 2.24) is 5.32 Å². The molecule has 0 aliphatic heterocycles. The van der Waals surface area contributed by atoms with Gasteiger partial charge in [0.2, 0.25) is 0 Å². The maximum absolute atomic E-state index is 10.1. The van der Waals surface area contributed by atoms with Gasteiger partial charge in [-0.3, -0.25) is 4.79 Å². The summed E-state index contributed by atoms with van der Waals surface area (Å²) >= 11 is 0. The molecule has 0 rings (SSSR count). The fourth-order valence-corrected chi connectivity index (χ4v) is 0.410. The van der Waals surface area contributed by atoms with Crippen LogP contribution in [-0.2, 0) is 9.59 Å². The van der Waals surface area contributed by atoms with Gasteiger partial charge in [-0.05, 0) is 6.42 Å². The first kappa shape index (κ1) is 10.8. The monoisotopic (exact) mass is 387 g/mol. The van der Waals surface area contributed by atoms with E-state index in [4.69, 9.17) is 5.11 Å². The van der Waals surface area contributed by atoms with Crippen molar-refractivity contribution in [3.63, 3.8) is 0 Å². The Hall–Kier alpha value is -2.06. The quantitative estimate of drug-likeness (QED) is 0.506. The van der Waals surface area contributed by atoms with Gasteiger partial charge < -0.3 is 15.2 Å². The van der Waals surface area contributed by atoms with E-state index >= 15 is 0 Å². The zero-order valence-electron chi connectivity index (χ0n) is 5.34. The summed E-state index contributed by atoms with van der Waals surface area (Å²) < 4.78 is 0. The summed E-state index contributed by atoms with van der Waals surface area (Å²) in [6, 6.07) is -0.789. The second kappa shape index (κ2) is 5.08. The van der Waals surface area contributed by atoms with Crippen LogP contribution >= 0.6 is 0 Å². The second-order valence-corrected chi connectivity index (χ2v) is 1.55. The van der Waals surface area contributed by atoms with Crippen molar-refractivity contribution < 1.29 is 14.7 Å². The molecule has 0 aromatic rings. The van der Waals surface area contributed by atoms with Gasteiger partial charge in [-0.25, -0.2) is 0 Å². The third kappa shape index (κ3) is 3.01. The number of carboxylic acids is 1. The number of carboxylic acid groups (broad SMARTS) is 1. The van der Waals surface area contributed by atoms with Gasteiger partial charge in [0.15, 0.2) is 0 Å². The summed E-state index contributed by atoms with van der Waals surface area (Å²) in [5.41, 5.74) is 0. The fourth-order valence-electron chi connectivity index (χ4n) is 0.410. The number of carbonyl (C=O) groups is 1. The van der Waals surface area contributed by atoms with Crippen LogP contribution in [0.5, 0.6) is 0 Å². The van der Waals surface area contributed by atoms with Gasteiger partial charge in [-0.2, -0.15) is 6.41 Å². The van der Waals surface area contributed by atoms with Gasteiger partial charge in [0.05, 0.1) is 6.04 Å². The maximum atomic E-state index is 10.1. The standard InChI is InChI=1S/C5H8NO3.Fm/c1-2-4(5(8)9)6-3-7;/h4H,2H2,1H3,(H,6,7)(H,8,9);/q-1;. The minimum absolute atomic E-state index is 0. The molecule has 0 aromatic carbocycles. The Labute approximate surface area is 52.9 Å². The summed E-state index contributed by atoms with van der Waals surface area (Å²) in [6.45, 7) is 1.67. The van der Waals surface area contributed by atoms with Crippen LogP contribution in [0, 0.1) is 0 Å². The molecule has 0 heterocycles. The normalized spacial score (nSPS) is 10.9. The number of nitrogens with one attached hydrogen (secondary N) is 1. The van der Waals surface area contributed by atoms with Crippen molar-refractivity contribution >= 4 is 12.4 Å². The van der Waals surface area contributed by atoms with E-state index in [9.17, 15) is 9.59 Å². The number of hydrogen-bond donors (Lipinski definition) is 2. The molecule has 10 heavy (non-hydrogen) atoms. The number of hydrogen-bond acceptors (Lipinski definition) is 2. The van der Waals surface area contributed by atoms with Crippen molar-refractivity contribution in [2.45, 2.75) is 19.4 Å². The molecule has 0 bridgehead atoms. The molecule has 0 saturated carbocycles. The van der Waals surface area contributed by atoms with Gasteiger partial charge in [0.25, 0.3) is 0 Å². The maximum Gasteiger partial charge on any atom is 0.323 e. The second-order valence-electron chi connectivity index (χ2n) is 1.55. The molecular weight excluding hydrogens is 379 g/mol. The van der Waals surface area contributed by atoms with Crippen LogP contribution in [0.2, 0.25) is 0 Å². The van der Waals surface area contributed by atoms with Crippen LogP contribution in [-0.4, -0.2) is 23.5 Å². The molecule has 4 nitrogen and oxygen atoms in total. The number of carbonyl (C=O) groups excluding carboxylic acids is 1. The first-order chi connectivity index (χ1) is 4.22. The largest absolute Gasteiger partial charge is 0.520 e. The SMILES string of the molecule is CCC(N[C-]=O)C(=O)O.[Fm]. The van der Waals surface area contributed by atoms with E-state index in [1.54, 1.807) is 6.92 Å².